The first-order chi connectivity index (χ1) is 7.59. The van der Waals surface area contributed by atoms with Crippen LogP contribution in [-0.4, -0.2) is 11.1 Å². The largest absolute Gasteiger partial charge is 0.279 e. The van der Waals surface area contributed by atoms with E-state index in [4.69, 9.17) is 0 Å². The molecule has 5 nitrogen and oxygen atoms in total. The van der Waals surface area contributed by atoms with Crippen LogP contribution in [0.25, 0.3) is 0 Å². The van der Waals surface area contributed by atoms with Crippen LogP contribution in [0.2, 0.25) is 0 Å². The summed E-state index contributed by atoms with van der Waals surface area (Å²) in [6.07, 6.45) is 3.50. The van der Waals surface area contributed by atoms with E-state index < -0.39 is 4.92 Å². The van der Waals surface area contributed by atoms with Gasteiger partial charge in [-0.05, 0) is 32.1 Å². The van der Waals surface area contributed by atoms with E-state index in [9.17, 15) is 10.1 Å². The monoisotopic (exact) mass is 219 g/mol. The van der Waals surface area contributed by atoms with Crippen molar-refractivity contribution in [3.8, 4) is 0 Å². The van der Waals surface area contributed by atoms with Gasteiger partial charge in [-0.2, -0.15) is 5.10 Å². The summed E-state index contributed by atoms with van der Waals surface area (Å²) in [4.78, 5) is 9.96. The van der Waals surface area contributed by atoms with Gasteiger partial charge in [0, 0.05) is 18.3 Å². The van der Waals surface area contributed by atoms with Crippen molar-refractivity contribution in [3.63, 3.8) is 0 Å². The number of rotatable bonds is 4. The molecule has 0 atom stereocenters. The molecule has 0 saturated carbocycles. The van der Waals surface area contributed by atoms with E-state index in [-0.39, 0.29) is 5.69 Å². The van der Waals surface area contributed by atoms with Gasteiger partial charge in [-0.15, -0.1) is 0 Å². The summed E-state index contributed by atoms with van der Waals surface area (Å²) < 4.78 is 0. The highest BCUT2D eigenvalue weighted by atomic mass is 16.6. The van der Waals surface area contributed by atoms with E-state index in [1.807, 2.05) is 19.9 Å². The van der Waals surface area contributed by atoms with Crippen LogP contribution < -0.4 is 5.43 Å². The summed E-state index contributed by atoms with van der Waals surface area (Å²) in [5.41, 5.74) is 4.70. The minimum atomic E-state index is -0.434. The van der Waals surface area contributed by atoms with Crippen molar-refractivity contribution < 1.29 is 4.92 Å². The molecule has 0 bridgehead atoms. The third-order valence-electron chi connectivity index (χ3n) is 1.75. The zero-order valence-corrected chi connectivity index (χ0v) is 9.18. The van der Waals surface area contributed by atoms with Crippen molar-refractivity contribution in [2.75, 3.05) is 5.43 Å². The van der Waals surface area contributed by atoms with Crippen LogP contribution in [0.4, 0.5) is 11.4 Å². The summed E-state index contributed by atoms with van der Waals surface area (Å²) in [5.74, 6) is 0. The van der Waals surface area contributed by atoms with E-state index >= 15 is 0 Å². The molecule has 1 rings (SSSR count). The molecule has 0 spiro atoms. The molecule has 0 saturated heterocycles. The van der Waals surface area contributed by atoms with E-state index in [0.29, 0.717) is 5.69 Å². The Bertz CT molecular complexity index is 417. The first-order valence-corrected chi connectivity index (χ1v) is 4.76. The number of anilines is 1. The highest BCUT2D eigenvalue weighted by Gasteiger charge is 2.02. The minimum absolute atomic E-state index is 0.0684. The summed E-state index contributed by atoms with van der Waals surface area (Å²) in [5, 5.41) is 14.3. The summed E-state index contributed by atoms with van der Waals surface area (Å²) >= 11 is 0. The maximum atomic E-state index is 10.4. The fourth-order valence-electron chi connectivity index (χ4n) is 0.956. The lowest BCUT2D eigenvalue weighted by Crippen LogP contribution is -1.90. The molecule has 0 amide bonds. The fourth-order valence-corrected chi connectivity index (χ4v) is 0.956. The van der Waals surface area contributed by atoms with Gasteiger partial charge in [0.05, 0.1) is 10.6 Å². The molecule has 0 aromatic heterocycles. The van der Waals surface area contributed by atoms with Crippen LogP contribution in [0, 0.1) is 10.1 Å². The van der Waals surface area contributed by atoms with Crippen LogP contribution in [-0.2, 0) is 0 Å². The molecule has 0 heterocycles. The standard InChI is InChI=1S/C11H13N3O2/c1-9(2)7-8-12-13-10-3-5-11(6-4-10)14(15)16/h3-8,13H,1-2H3. The van der Waals surface area contributed by atoms with Gasteiger partial charge in [0.25, 0.3) is 5.69 Å². The number of hydrogen-bond acceptors (Lipinski definition) is 4. The van der Waals surface area contributed by atoms with Crippen molar-refractivity contribution in [2.45, 2.75) is 13.8 Å². The minimum Gasteiger partial charge on any atom is -0.279 e. The number of benzene rings is 1. The maximum Gasteiger partial charge on any atom is 0.269 e. The highest BCUT2D eigenvalue weighted by molar-refractivity contribution is 5.72. The molecule has 16 heavy (non-hydrogen) atoms. The van der Waals surface area contributed by atoms with E-state index in [0.717, 1.165) is 5.57 Å². The molecule has 0 unspecified atom stereocenters. The first-order valence-electron chi connectivity index (χ1n) is 4.76. The van der Waals surface area contributed by atoms with Crippen LogP contribution >= 0.6 is 0 Å². The summed E-state index contributed by atoms with van der Waals surface area (Å²) in [6, 6.07) is 6.08. The third kappa shape index (κ3) is 3.91. The van der Waals surface area contributed by atoms with Crippen molar-refractivity contribution in [1.29, 1.82) is 0 Å². The van der Waals surface area contributed by atoms with Gasteiger partial charge in [0.2, 0.25) is 0 Å². The lowest BCUT2D eigenvalue weighted by Gasteiger charge is -1.98. The van der Waals surface area contributed by atoms with Crippen molar-refractivity contribution in [2.24, 2.45) is 5.10 Å². The number of hydrazone groups is 1. The average molecular weight is 219 g/mol. The lowest BCUT2D eigenvalue weighted by atomic mass is 10.3. The Hall–Kier alpha value is -2.17. The second-order valence-electron chi connectivity index (χ2n) is 3.44. The smallest absolute Gasteiger partial charge is 0.269 e. The Morgan fingerprint density at radius 3 is 2.50 bits per heavy atom. The van der Waals surface area contributed by atoms with Gasteiger partial charge in [0.1, 0.15) is 0 Å². The Morgan fingerprint density at radius 1 is 1.38 bits per heavy atom. The zero-order valence-electron chi connectivity index (χ0n) is 9.18. The average Bonchev–Trinajstić information content (AvgIpc) is 2.25. The van der Waals surface area contributed by atoms with E-state index in [2.05, 4.69) is 10.5 Å². The molecule has 0 aliphatic carbocycles. The normalized spacial score (nSPS) is 10.1. The van der Waals surface area contributed by atoms with Gasteiger partial charge in [-0.3, -0.25) is 15.5 Å². The van der Waals surface area contributed by atoms with Gasteiger partial charge >= 0.3 is 0 Å². The number of hydrogen-bond donors (Lipinski definition) is 1. The van der Waals surface area contributed by atoms with Crippen molar-refractivity contribution in [1.82, 2.24) is 0 Å². The molecular formula is C11H13N3O2. The molecule has 1 aromatic rings. The maximum absolute atomic E-state index is 10.4. The summed E-state index contributed by atoms with van der Waals surface area (Å²) in [7, 11) is 0. The molecule has 0 radical (unpaired) electrons. The van der Waals surface area contributed by atoms with Crippen molar-refractivity contribution >= 4 is 17.6 Å². The molecular weight excluding hydrogens is 206 g/mol. The quantitative estimate of drug-likeness (QED) is 0.481. The fraction of sp³-hybridized carbons (Fsp3) is 0.182. The number of nitrogens with one attached hydrogen (secondary N) is 1. The van der Waals surface area contributed by atoms with Gasteiger partial charge < -0.3 is 0 Å². The third-order valence-corrected chi connectivity index (χ3v) is 1.75. The number of non-ortho nitro benzene ring substituents is 1. The Balaban J connectivity index is 2.59. The van der Waals surface area contributed by atoms with Gasteiger partial charge in [0.15, 0.2) is 0 Å². The van der Waals surface area contributed by atoms with Crippen LogP contribution in [0.5, 0.6) is 0 Å². The summed E-state index contributed by atoms with van der Waals surface area (Å²) in [6.45, 7) is 3.94. The molecule has 0 aliphatic heterocycles. The van der Waals surface area contributed by atoms with Crippen LogP contribution in [0.15, 0.2) is 41.0 Å². The van der Waals surface area contributed by atoms with Gasteiger partial charge in [-0.1, -0.05) is 5.57 Å². The highest BCUT2D eigenvalue weighted by Crippen LogP contribution is 2.14. The first kappa shape index (κ1) is 11.9. The van der Waals surface area contributed by atoms with Crippen LogP contribution in [0.1, 0.15) is 13.8 Å². The van der Waals surface area contributed by atoms with E-state index in [1.165, 1.54) is 12.1 Å². The van der Waals surface area contributed by atoms with Crippen LogP contribution in [0.3, 0.4) is 0 Å². The zero-order chi connectivity index (χ0) is 12.0. The lowest BCUT2D eigenvalue weighted by molar-refractivity contribution is -0.384. The molecule has 1 N–H and O–H groups in total. The Morgan fingerprint density at radius 2 is 2.00 bits per heavy atom. The molecule has 84 valence electrons. The number of allylic oxidation sites excluding steroid dienone is 2. The number of nitro groups is 1. The Labute approximate surface area is 93.6 Å². The molecule has 0 fully saturated rings. The number of nitro benzene ring substituents is 1. The molecule has 1 aromatic carbocycles. The predicted molar refractivity (Wildman–Crippen MR) is 64.6 cm³/mol. The SMILES string of the molecule is CC(C)=CC=NNc1ccc([N+](=O)[O-])cc1. The second kappa shape index (κ2) is 5.65. The molecule has 0 aliphatic rings. The number of nitrogens with zero attached hydrogens (tertiary/aromatic N) is 2. The van der Waals surface area contributed by atoms with Gasteiger partial charge in [-0.25, -0.2) is 0 Å². The molecule has 5 heteroatoms. The topological polar surface area (TPSA) is 67.5 Å². The Kier molecular flexibility index (Phi) is 4.20. The van der Waals surface area contributed by atoms with E-state index in [1.54, 1.807) is 18.3 Å². The second-order valence-corrected chi connectivity index (χ2v) is 3.44. The van der Waals surface area contributed by atoms with Crippen molar-refractivity contribution in [3.05, 3.63) is 46.0 Å². The predicted octanol–water partition coefficient (Wildman–Crippen LogP) is 2.96.